The standard InChI is InChI=1S/C46H38N4O3S2/c1-30-14-11-12-21-34(30)26-40(49-43(51)33-19-9-4-10-20-33)44(52)48-36-22-13-23-37(28-36)54-42(32-17-7-3-8-18-32)45(53)50-46-39(29-47)38-25-24-35(27-41(38)55-46)31-15-5-2-6-16-31/h2-23,26,28,35,42H,24-25,27H2,1H3,(H,48,52)(H,49,51)(H,50,53)/b40-26-. The monoisotopic (exact) mass is 758 g/mol. The van der Waals surface area contributed by atoms with Crippen LogP contribution in [0, 0.1) is 18.3 Å². The van der Waals surface area contributed by atoms with E-state index in [0.29, 0.717) is 27.7 Å². The SMILES string of the molecule is Cc1ccccc1/C=C(\NC(=O)c1ccccc1)C(=O)Nc1cccc(SC(C(=O)Nc2sc3c(c2C#N)CCC(c2ccccc2)C3)c2ccccc2)c1. The average molecular weight is 759 g/mol. The molecule has 5 aromatic carbocycles. The van der Waals surface area contributed by atoms with E-state index in [2.05, 4.69) is 46.3 Å². The summed E-state index contributed by atoms with van der Waals surface area (Å²) in [5.41, 5.74) is 6.44. The number of nitrogens with zero attached hydrogens (tertiary/aromatic N) is 1. The highest BCUT2D eigenvalue weighted by molar-refractivity contribution is 8.00. The number of amides is 3. The lowest BCUT2D eigenvalue weighted by atomic mass is 9.83. The summed E-state index contributed by atoms with van der Waals surface area (Å²) in [6.07, 6.45) is 4.24. The maximum absolute atomic E-state index is 14.2. The number of fused-ring (bicyclic) bond motifs is 1. The Bertz CT molecular complexity index is 2400. The third-order valence-corrected chi connectivity index (χ3v) is 12.0. The van der Waals surface area contributed by atoms with Crippen LogP contribution < -0.4 is 16.0 Å². The first-order valence-electron chi connectivity index (χ1n) is 18.0. The zero-order valence-corrected chi connectivity index (χ0v) is 31.8. The van der Waals surface area contributed by atoms with E-state index in [-0.39, 0.29) is 11.6 Å². The molecule has 7 nitrogen and oxygen atoms in total. The minimum atomic E-state index is -0.656. The van der Waals surface area contributed by atoms with Crippen LogP contribution in [0.5, 0.6) is 0 Å². The molecule has 272 valence electrons. The summed E-state index contributed by atoms with van der Waals surface area (Å²) in [5, 5.41) is 19.0. The van der Waals surface area contributed by atoms with E-state index in [1.165, 1.54) is 28.7 Å². The number of aryl methyl sites for hydroxylation is 1. The minimum absolute atomic E-state index is 0.0878. The lowest BCUT2D eigenvalue weighted by Gasteiger charge is -2.22. The van der Waals surface area contributed by atoms with Crippen LogP contribution in [-0.4, -0.2) is 17.7 Å². The van der Waals surface area contributed by atoms with E-state index in [1.54, 1.807) is 36.4 Å². The van der Waals surface area contributed by atoms with Crippen molar-refractivity contribution in [1.29, 1.82) is 5.26 Å². The number of anilines is 2. The number of hydrogen-bond acceptors (Lipinski definition) is 6. The zero-order chi connectivity index (χ0) is 38.1. The second-order valence-corrected chi connectivity index (χ2v) is 15.6. The van der Waals surface area contributed by atoms with Gasteiger partial charge in [0.25, 0.3) is 11.8 Å². The van der Waals surface area contributed by atoms with Gasteiger partial charge in [0.2, 0.25) is 5.91 Å². The molecule has 3 amide bonds. The van der Waals surface area contributed by atoms with Gasteiger partial charge in [-0.3, -0.25) is 14.4 Å². The molecule has 1 heterocycles. The van der Waals surface area contributed by atoms with Crippen molar-refractivity contribution in [3.63, 3.8) is 0 Å². The molecule has 55 heavy (non-hydrogen) atoms. The highest BCUT2D eigenvalue weighted by Crippen LogP contribution is 2.44. The fourth-order valence-electron chi connectivity index (χ4n) is 6.71. The summed E-state index contributed by atoms with van der Waals surface area (Å²) in [7, 11) is 0. The molecule has 1 aromatic heterocycles. The molecule has 0 aliphatic heterocycles. The zero-order valence-electron chi connectivity index (χ0n) is 30.1. The number of nitriles is 1. The smallest absolute Gasteiger partial charge is 0.272 e. The number of carbonyl (C=O) groups is 3. The van der Waals surface area contributed by atoms with Gasteiger partial charge in [0.1, 0.15) is 22.0 Å². The van der Waals surface area contributed by atoms with Crippen molar-refractivity contribution < 1.29 is 14.4 Å². The number of rotatable bonds is 11. The molecule has 0 radical (unpaired) electrons. The van der Waals surface area contributed by atoms with Gasteiger partial charge in [-0.15, -0.1) is 23.1 Å². The van der Waals surface area contributed by atoms with Crippen LogP contribution in [0.15, 0.2) is 150 Å². The number of nitrogens with one attached hydrogen (secondary N) is 3. The molecule has 9 heteroatoms. The molecule has 7 rings (SSSR count). The number of carbonyl (C=O) groups excluding carboxylic acids is 3. The first-order valence-corrected chi connectivity index (χ1v) is 19.7. The summed E-state index contributed by atoms with van der Waals surface area (Å²) >= 11 is 2.85. The van der Waals surface area contributed by atoms with E-state index < -0.39 is 17.1 Å². The molecule has 6 aromatic rings. The van der Waals surface area contributed by atoms with Crippen LogP contribution in [0.2, 0.25) is 0 Å². The molecule has 3 N–H and O–H groups in total. The van der Waals surface area contributed by atoms with Gasteiger partial charge in [0.05, 0.1) is 5.56 Å². The van der Waals surface area contributed by atoms with Crippen LogP contribution in [0.3, 0.4) is 0 Å². The van der Waals surface area contributed by atoms with Gasteiger partial charge in [-0.1, -0.05) is 109 Å². The highest BCUT2D eigenvalue weighted by Gasteiger charge is 2.29. The number of benzene rings is 5. The molecule has 1 aliphatic carbocycles. The first-order chi connectivity index (χ1) is 26.9. The lowest BCUT2D eigenvalue weighted by Crippen LogP contribution is -2.30. The quantitative estimate of drug-likeness (QED) is 0.0900. The van der Waals surface area contributed by atoms with Crippen molar-refractivity contribution in [2.75, 3.05) is 10.6 Å². The van der Waals surface area contributed by atoms with Crippen LogP contribution in [0.25, 0.3) is 6.08 Å². The largest absolute Gasteiger partial charge is 0.321 e. The molecule has 2 unspecified atom stereocenters. The predicted octanol–water partition coefficient (Wildman–Crippen LogP) is 10.1. The van der Waals surface area contributed by atoms with Gasteiger partial charge in [-0.25, -0.2) is 0 Å². The maximum Gasteiger partial charge on any atom is 0.272 e. The van der Waals surface area contributed by atoms with Crippen LogP contribution in [-0.2, 0) is 22.4 Å². The lowest BCUT2D eigenvalue weighted by molar-refractivity contribution is -0.116. The predicted molar refractivity (Wildman–Crippen MR) is 222 cm³/mol. The minimum Gasteiger partial charge on any atom is -0.321 e. The summed E-state index contributed by atoms with van der Waals surface area (Å²) in [5.74, 6) is -0.768. The number of hydrogen-bond donors (Lipinski definition) is 3. The maximum atomic E-state index is 14.2. The van der Waals surface area contributed by atoms with Crippen molar-refractivity contribution in [2.24, 2.45) is 0 Å². The van der Waals surface area contributed by atoms with Gasteiger partial charge >= 0.3 is 0 Å². The highest BCUT2D eigenvalue weighted by atomic mass is 32.2. The van der Waals surface area contributed by atoms with E-state index in [4.69, 9.17) is 0 Å². The molecule has 0 saturated carbocycles. The van der Waals surface area contributed by atoms with E-state index in [1.807, 2.05) is 91.9 Å². The Morgan fingerprint density at radius 3 is 2.25 bits per heavy atom. The Hall–Kier alpha value is -6.21. The van der Waals surface area contributed by atoms with Crippen molar-refractivity contribution >= 4 is 57.6 Å². The molecular formula is C46H38N4O3S2. The molecule has 0 bridgehead atoms. The molecular weight excluding hydrogens is 721 g/mol. The van der Waals surface area contributed by atoms with Gasteiger partial charge in [0.15, 0.2) is 0 Å². The second kappa shape index (κ2) is 17.3. The Balaban J connectivity index is 1.11. The fourth-order valence-corrected chi connectivity index (χ4v) is 9.07. The van der Waals surface area contributed by atoms with Gasteiger partial charge < -0.3 is 16.0 Å². The molecule has 0 saturated heterocycles. The van der Waals surface area contributed by atoms with Crippen molar-refractivity contribution in [3.8, 4) is 6.07 Å². The molecule has 2 atom stereocenters. The van der Waals surface area contributed by atoms with Crippen LogP contribution >= 0.6 is 23.1 Å². The Morgan fingerprint density at radius 2 is 1.53 bits per heavy atom. The fraction of sp³-hybridized carbons (Fsp3) is 0.130. The van der Waals surface area contributed by atoms with E-state index in [0.717, 1.165) is 51.3 Å². The Labute approximate surface area is 329 Å². The Kier molecular flexibility index (Phi) is 11.7. The van der Waals surface area contributed by atoms with Crippen molar-refractivity contribution in [1.82, 2.24) is 5.32 Å². The van der Waals surface area contributed by atoms with Crippen molar-refractivity contribution in [2.45, 2.75) is 42.2 Å². The summed E-state index contributed by atoms with van der Waals surface area (Å²) in [6.45, 7) is 1.94. The number of thioether (sulfide) groups is 1. The topological polar surface area (TPSA) is 111 Å². The van der Waals surface area contributed by atoms with Crippen LogP contribution in [0.4, 0.5) is 10.7 Å². The summed E-state index contributed by atoms with van der Waals surface area (Å²) in [6, 6.07) is 46.0. The second-order valence-electron chi connectivity index (χ2n) is 13.3. The van der Waals surface area contributed by atoms with Crippen molar-refractivity contribution in [3.05, 3.63) is 189 Å². The summed E-state index contributed by atoms with van der Waals surface area (Å²) in [4.78, 5) is 43.1. The van der Waals surface area contributed by atoms with Gasteiger partial charge in [0, 0.05) is 21.0 Å². The third kappa shape index (κ3) is 8.95. The third-order valence-electron chi connectivity index (χ3n) is 9.59. The average Bonchev–Trinajstić information content (AvgIpc) is 3.57. The molecule has 1 aliphatic rings. The Morgan fingerprint density at radius 1 is 0.836 bits per heavy atom. The normalized spacial score (nSPS) is 14.2. The summed E-state index contributed by atoms with van der Waals surface area (Å²) < 4.78 is 0. The van der Waals surface area contributed by atoms with Crippen LogP contribution in [0.1, 0.15) is 66.2 Å². The van der Waals surface area contributed by atoms with Gasteiger partial charge in [-0.05, 0) is 96.3 Å². The molecule has 0 fully saturated rings. The first kappa shape index (κ1) is 37.1. The molecule has 0 spiro atoms. The number of thiophene rings is 1. The van der Waals surface area contributed by atoms with E-state index >= 15 is 0 Å². The van der Waals surface area contributed by atoms with Gasteiger partial charge in [-0.2, -0.15) is 5.26 Å². The van der Waals surface area contributed by atoms with E-state index in [9.17, 15) is 19.6 Å².